The third-order valence-electron chi connectivity index (χ3n) is 5.19. The van der Waals surface area contributed by atoms with Crippen molar-refractivity contribution < 1.29 is 0 Å². The number of hydrogen-bond donors (Lipinski definition) is 1. The zero-order chi connectivity index (χ0) is 16.0. The van der Waals surface area contributed by atoms with Crippen molar-refractivity contribution in [1.82, 2.24) is 14.7 Å². The highest BCUT2D eigenvalue weighted by Gasteiger charge is 2.29. The number of rotatable bonds is 2. The van der Waals surface area contributed by atoms with Crippen LogP contribution >= 0.6 is 11.6 Å². The molecule has 2 aliphatic heterocycles. The van der Waals surface area contributed by atoms with Gasteiger partial charge in [-0.2, -0.15) is 5.10 Å². The van der Waals surface area contributed by atoms with E-state index in [1.165, 1.54) is 29.9 Å². The number of hydrogen-bond acceptors (Lipinski definition) is 3. The van der Waals surface area contributed by atoms with Crippen LogP contribution in [0.25, 0.3) is 5.69 Å². The predicted octanol–water partition coefficient (Wildman–Crippen LogP) is 3.61. The van der Waals surface area contributed by atoms with Gasteiger partial charge in [-0.15, -0.1) is 0 Å². The topological polar surface area (TPSA) is 33.1 Å². The molecule has 1 aromatic carbocycles. The van der Waals surface area contributed by atoms with Crippen molar-refractivity contribution in [2.75, 3.05) is 32.0 Å². The van der Waals surface area contributed by atoms with Gasteiger partial charge in [-0.05, 0) is 64.0 Å². The number of fused-ring (bicyclic) bond motifs is 1. The van der Waals surface area contributed by atoms with Gasteiger partial charge in [0, 0.05) is 23.0 Å². The molecular formula is C18H23ClN4. The molecule has 0 aliphatic carbocycles. The van der Waals surface area contributed by atoms with Crippen LogP contribution in [0, 0.1) is 6.92 Å². The molecule has 0 saturated carbocycles. The number of nitrogens with zero attached hydrogens (tertiary/aromatic N) is 3. The molecule has 0 unspecified atom stereocenters. The summed E-state index contributed by atoms with van der Waals surface area (Å²) in [5.74, 6) is 1.75. The summed E-state index contributed by atoms with van der Waals surface area (Å²) in [6, 6.07) is 6.19. The fourth-order valence-electron chi connectivity index (χ4n) is 3.71. The average Bonchev–Trinajstić information content (AvgIpc) is 3.13. The molecular weight excluding hydrogens is 308 g/mol. The van der Waals surface area contributed by atoms with E-state index in [0.717, 1.165) is 42.3 Å². The van der Waals surface area contributed by atoms with Gasteiger partial charge < -0.3 is 10.2 Å². The van der Waals surface area contributed by atoms with Crippen LogP contribution in [0.1, 0.15) is 35.6 Å². The molecule has 2 aromatic rings. The lowest BCUT2D eigenvalue weighted by molar-refractivity contribution is 0.252. The quantitative estimate of drug-likeness (QED) is 0.913. The first-order valence-electron chi connectivity index (χ1n) is 8.44. The molecule has 23 heavy (non-hydrogen) atoms. The Balaban J connectivity index is 1.74. The van der Waals surface area contributed by atoms with E-state index in [1.807, 2.05) is 13.0 Å². The lowest BCUT2D eigenvalue weighted by Gasteiger charge is -2.28. The van der Waals surface area contributed by atoms with Crippen molar-refractivity contribution >= 4 is 17.4 Å². The van der Waals surface area contributed by atoms with Crippen LogP contribution < -0.4 is 5.32 Å². The minimum Gasteiger partial charge on any atom is -0.369 e. The molecule has 4 rings (SSSR count). The number of likely N-dealkylation sites (tertiary alicyclic amines) is 1. The number of halogens is 1. The predicted molar refractivity (Wildman–Crippen MR) is 95.0 cm³/mol. The maximum absolute atomic E-state index is 6.32. The van der Waals surface area contributed by atoms with E-state index in [2.05, 4.69) is 34.1 Å². The second-order valence-corrected chi connectivity index (χ2v) is 7.22. The van der Waals surface area contributed by atoms with Crippen molar-refractivity contribution in [3.63, 3.8) is 0 Å². The maximum Gasteiger partial charge on any atom is 0.133 e. The summed E-state index contributed by atoms with van der Waals surface area (Å²) in [5.41, 5.74) is 4.86. The molecule has 1 aromatic heterocycles. The Labute approximate surface area is 142 Å². The van der Waals surface area contributed by atoms with Crippen LogP contribution in [-0.4, -0.2) is 41.4 Å². The molecule has 122 valence electrons. The molecule has 1 fully saturated rings. The first-order chi connectivity index (χ1) is 11.1. The number of aromatic nitrogens is 2. The molecule has 0 amide bonds. The fourth-order valence-corrected chi connectivity index (χ4v) is 3.89. The highest BCUT2D eigenvalue weighted by atomic mass is 35.5. The van der Waals surface area contributed by atoms with Crippen molar-refractivity contribution in [2.24, 2.45) is 0 Å². The summed E-state index contributed by atoms with van der Waals surface area (Å²) in [5, 5.41) is 9.31. The van der Waals surface area contributed by atoms with Crippen LogP contribution in [0.15, 0.2) is 18.2 Å². The molecule has 5 heteroatoms. The van der Waals surface area contributed by atoms with Gasteiger partial charge in [-0.1, -0.05) is 17.7 Å². The van der Waals surface area contributed by atoms with Crippen LogP contribution in [0.4, 0.5) is 5.82 Å². The Morgan fingerprint density at radius 1 is 1.26 bits per heavy atom. The number of nitrogens with one attached hydrogen (secondary N) is 1. The monoisotopic (exact) mass is 330 g/mol. The average molecular weight is 331 g/mol. The van der Waals surface area contributed by atoms with E-state index in [-0.39, 0.29) is 0 Å². The van der Waals surface area contributed by atoms with Crippen molar-refractivity contribution in [2.45, 2.75) is 32.1 Å². The third kappa shape index (κ3) is 2.64. The number of piperidine rings is 1. The highest BCUT2D eigenvalue weighted by molar-refractivity contribution is 6.31. The lowest BCUT2D eigenvalue weighted by Crippen LogP contribution is -2.29. The zero-order valence-corrected chi connectivity index (χ0v) is 14.5. The van der Waals surface area contributed by atoms with Gasteiger partial charge >= 0.3 is 0 Å². The molecule has 0 atom stereocenters. The Kier molecular flexibility index (Phi) is 3.82. The van der Waals surface area contributed by atoms with E-state index >= 15 is 0 Å². The third-order valence-corrected chi connectivity index (χ3v) is 5.59. The molecule has 1 saturated heterocycles. The van der Waals surface area contributed by atoms with E-state index in [9.17, 15) is 0 Å². The van der Waals surface area contributed by atoms with Gasteiger partial charge in [-0.3, -0.25) is 0 Å². The second-order valence-electron chi connectivity index (χ2n) is 6.81. The summed E-state index contributed by atoms with van der Waals surface area (Å²) < 4.78 is 2.06. The molecule has 0 bridgehead atoms. The molecule has 0 radical (unpaired) electrons. The Morgan fingerprint density at radius 3 is 2.78 bits per heavy atom. The molecule has 3 heterocycles. The lowest BCUT2D eigenvalue weighted by atomic mass is 9.91. The molecule has 4 nitrogen and oxygen atoms in total. The number of benzene rings is 1. The van der Waals surface area contributed by atoms with Crippen molar-refractivity contribution in [1.29, 1.82) is 0 Å². The SMILES string of the molecule is Cc1ccc(-n2nc(C3CCN(C)CC3)c3c2NCC3)cc1Cl. The fraction of sp³-hybridized carbons (Fsp3) is 0.500. The standard InChI is InChI=1S/C18H23ClN4/c1-12-3-4-14(11-16(12)19)23-18-15(5-8-20-18)17(21-23)13-6-9-22(2)10-7-13/h3-4,11,13,20H,5-10H2,1-2H3. The van der Waals surface area contributed by atoms with E-state index in [4.69, 9.17) is 16.7 Å². The van der Waals surface area contributed by atoms with Gasteiger partial charge in [0.1, 0.15) is 5.82 Å². The Morgan fingerprint density at radius 2 is 2.04 bits per heavy atom. The summed E-state index contributed by atoms with van der Waals surface area (Å²) in [7, 11) is 2.20. The van der Waals surface area contributed by atoms with Gasteiger partial charge in [-0.25, -0.2) is 4.68 Å². The van der Waals surface area contributed by atoms with E-state index < -0.39 is 0 Å². The highest BCUT2D eigenvalue weighted by Crippen LogP contribution is 2.37. The minimum atomic E-state index is 0.585. The van der Waals surface area contributed by atoms with E-state index in [0.29, 0.717) is 5.92 Å². The maximum atomic E-state index is 6.32. The van der Waals surface area contributed by atoms with Crippen molar-refractivity contribution in [3.8, 4) is 5.69 Å². The van der Waals surface area contributed by atoms with Crippen LogP contribution in [0.3, 0.4) is 0 Å². The van der Waals surface area contributed by atoms with Crippen LogP contribution in [-0.2, 0) is 6.42 Å². The largest absolute Gasteiger partial charge is 0.369 e. The van der Waals surface area contributed by atoms with Crippen LogP contribution in [0.5, 0.6) is 0 Å². The number of anilines is 1. The summed E-state index contributed by atoms with van der Waals surface area (Å²) in [6.45, 7) is 5.36. The Hall–Kier alpha value is -1.52. The van der Waals surface area contributed by atoms with Gasteiger partial charge in [0.2, 0.25) is 0 Å². The van der Waals surface area contributed by atoms with Gasteiger partial charge in [0.05, 0.1) is 11.4 Å². The first kappa shape index (κ1) is 15.0. The molecule has 2 aliphatic rings. The van der Waals surface area contributed by atoms with Crippen molar-refractivity contribution in [3.05, 3.63) is 40.0 Å². The van der Waals surface area contributed by atoms with Crippen LogP contribution in [0.2, 0.25) is 5.02 Å². The van der Waals surface area contributed by atoms with Gasteiger partial charge in [0.15, 0.2) is 0 Å². The summed E-state index contributed by atoms with van der Waals surface area (Å²) in [4.78, 5) is 2.41. The first-order valence-corrected chi connectivity index (χ1v) is 8.82. The number of aryl methyl sites for hydroxylation is 1. The smallest absolute Gasteiger partial charge is 0.133 e. The zero-order valence-electron chi connectivity index (χ0n) is 13.8. The molecule has 0 spiro atoms. The minimum absolute atomic E-state index is 0.585. The summed E-state index contributed by atoms with van der Waals surface area (Å²) >= 11 is 6.32. The molecule has 1 N–H and O–H groups in total. The van der Waals surface area contributed by atoms with E-state index in [1.54, 1.807) is 0 Å². The second kappa shape index (κ2) is 5.84. The van der Waals surface area contributed by atoms with Gasteiger partial charge in [0.25, 0.3) is 0 Å². The Bertz CT molecular complexity index is 729. The summed E-state index contributed by atoms with van der Waals surface area (Å²) in [6.07, 6.45) is 3.49. The normalized spacial score (nSPS) is 18.9.